The summed E-state index contributed by atoms with van der Waals surface area (Å²) in [5.41, 5.74) is 0.735. The van der Waals surface area contributed by atoms with E-state index in [0.717, 1.165) is 22.9 Å². The summed E-state index contributed by atoms with van der Waals surface area (Å²) in [5, 5.41) is 12.7. The molecule has 0 aliphatic carbocycles. The van der Waals surface area contributed by atoms with Crippen molar-refractivity contribution in [2.75, 3.05) is 31.6 Å². The zero-order chi connectivity index (χ0) is 30.3. The van der Waals surface area contributed by atoms with Gasteiger partial charge >= 0.3 is 0 Å². The molecule has 2 aromatic rings. The lowest BCUT2D eigenvalue weighted by Gasteiger charge is -2.42. The Morgan fingerprint density at radius 3 is 2.45 bits per heavy atom. The third kappa shape index (κ3) is 4.77. The molecule has 3 saturated heterocycles. The molecule has 3 aliphatic rings. The zero-order valence-corrected chi connectivity index (χ0v) is 25.9. The fourth-order valence-corrected chi connectivity index (χ4v) is 10.1. The number of rotatable bonds is 11. The molecule has 2 aromatic carbocycles. The van der Waals surface area contributed by atoms with Gasteiger partial charge in [0.2, 0.25) is 11.8 Å². The highest BCUT2D eigenvalue weighted by molar-refractivity contribution is 8.02. The highest BCUT2D eigenvalue weighted by Crippen LogP contribution is 2.69. The molecule has 7 nitrogen and oxygen atoms in total. The van der Waals surface area contributed by atoms with Gasteiger partial charge in [0.25, 0.3) is 5.91 Å². The van der Waals surface area contributed by atoms with Crippen molar-refractivity contribution in [3.05, 3.63) is 67.8 Å². The molecule has 3 heterocycles. The normalized spacial score (nSPS) is 28.7. The van der Waals surface area contributed by atoms with Crippen molar-refractivity contribution in [1.29, 1.82) is 0 Å². The number of amides is 3. The maximum absolute atomic E-state index is 15.0. The third-order valence-electron chi connectivity index (χ3n) is 9.45. The molecule has 1 N–H and O–H groups in total. The van der Waals surface area contributed by atoms with Crippen molar-refractivity contribution >= 4 is 45.9 Å². The molecule has 3 amide bonds. The first kappa shape index (κ1) is 30.4. The number of carbonyl (C=O) groups is 3. The van der Waals surface area contributed by atoms with Gasteiger partial charge in [0.05, 0.1) is 29.2 Å². The van der Waals surface area contributed by atoms with Gasteiger partial charge in [-0.15, -0.1) is 24.9 Å². The maximum Gasteiger partial charge on any atom is 0.251 e. The summed E-state index contributed by atoms with van der Waals surface area (Å²) in [4.78, 5) is 48.5. The minimum absolute atomic E-state index is 0.0368. The number of nitrogens with zero attached hydrogens (tertiary/aromatic N) is 3. The van der Waals surface area contributed by atoms with Crippen molar-refractivity contribution < 1.29 is 19.5 Å². The Morgan fingerprint density at radius 2 is 1.81 bits per heavy atom. The highest BCUT2D eigenvalue weighted by Gasteiger charge is 2.77. The SMILES string of the molecule is C=CCN(C)C(=O)[C@@H]1[C@H]2C(=O)N([C@@H](CO)CC(C)C)C(C(=O)N(CC=C)c3ccc4ccccc4c3)C23S[C@@H]1CC3C. The van der Waals surface area contributed by atoms with Crippen molar-refractivity contribution in [3.63, 3.8) is 0 Å². The van der Waals surface area contributed by atoms with Crippen molar-refractivity contribution in [3.8, 4) is 0 Å². The van der Waals surface area contributed by atoms with Gasteiger partial charge in [0.15, 0.2) is 0 Å². The largest absolute Gasteiger partial charge is 0.394 e. The topological polar surface area (TPSA) is 81.2 Å². The number of aliphatic hydroxyl groups excluding tert-OH is 1. The Morgan fingerprint density at radius 1 is 1.12 bits per heavy atom. The van der Waals surface area contributed by atoms with Gasteiger partial charge in [-0.25, -0.2) is 0 Å². The van der Waals surface area contributed by atoms with E-state index in [-0.39, 0.29) is 48.0 Å². The van der Waals surface area contributed by atoms with Gasteiger partial charge in [0.1, 0.15) is 6.04 Å². The van der Waals surface area contributed by atoms with Crippen LogP contribution in [0.25, 0.3) is 10.8 Å². The van der Waals surface area contributed by atoms with Crippen LogP contribution >= 0.6 is 11.8 Å². The summed E-state index contributed by atoms with van der Waals surface area (Å²) in [6, 6.07) is 12.6. The van der Waals surface area contributed by atoms with E-state index in [1.165, 1.54) is 0 Å². The molecule has 3 unspecified atom stereocenters. The molecule has 3 aliphatic heterocycles. The molecule has 224 valence electrons. The third-order valence-corrected chi connectivity index (χ3v) is 11.5. The van der Waals surface area contributed by atoms with Crippen LogP contribution < -0.4 is 4.90 Å². The van der Waals surface area contributed by atoms with E-state index in [1.807, 2.05) is 42.5 Å². The number of carbonyl (C=O) groups excluding carboxylic acids is 3. The van der Waals surface area contributed by atoms with E-state index in [0.29, 0.717) is 13.0 Å². The van der Waals surface area contributed by atoms with Gasteiger partial charge in [0, 0.05) is 31.1 Å². The average molecular weight is 590 g/mol. The molecule has 0 radical (unpaired) electrons. The summed E-state index contributed by atoms with van der Waals surface area (Å²) < 4.78 is -0.769. The number of thioether (sulfide) groups is 1. The lowest BCUT2D eigenvalue weighted by molar-refractivity contribution is -0.145. The summed E-state index contributed by atoms with van der Waals surface area (Å²) in [6.07, 6.45) is 4.71. The van der Waals surface area contributed by atoms with Gasteiger partial charge in [-0.3, -0.25) is 14.4 Å². The summed E-state index contributed by atoms with van der Waals surface area (Å²) in [7, 11) is 1.75. The fourth-order valence-electron chi connectivity index (χ4n) is 7.72. The van der Waals surface area contributed by atoms with E-state index in [1.54, 1.807) is 45.7 Å². The number of hydrogen-bond donors (Lipinski definition) is 1. The van der Waals surface area contributed by atoms with Crippen LogP contribution in [0.5, 0.6) is 0 Å². The highest BCUT2D eigenvalue weighted by atomic mass is 32.2. The van der Waals surface area contributed by atoms with Crippen molar-refractivity contribution in [1.82, 2.24) is 9.80 Å². The number of benzene rings is 2. The van der Waals surface area contributed by atoms with E-state index >= 15 is 0 Å². The van der Waals surface area contributed by atoms with Crippen LogP contribution in [0.2, 0.25) is 0 Å². The molecular weight excluding hydrogens is 546 g/mol. The second kappa shape index (κ2) is 11.9. The van der Waals surface area contributed by atoms with Crippen molar-refractivity contribution in [2.45, 2.75) is 55.7 Å². The Labute approximate surface area is 253 Å². The Bertz CT molecular complexity index is 1390. The standard InChI is InChI=1S/C34H43N3O4S/c1-7-15-35(6)31(39)28-27-18-22(5)34(42-27)29(28)32(40)37(26(20-38)17-21(3)4)30(34)33(41)36(16-8-2)25-14-13-23-11-9-10-12-24(23)19-25/h7-14,19,21-22,26-30,38H,1-2,15-18,20H2,3-6H3/t22?,26-,27-,28+,29+,30?,34?/m1/s1. The molecule has 7 atom stereocenters. The minimum Gasteiger partial charge on any atom is -0.394 e. The summed E-state index contributed by atoms with van der Waals surface area (Å²) in [5.74, 6) is -1.35. The molecule has 0 aromatic heterocycles. The first-order valence-corrected chi connectivity index (χ1v) is 15.9. The first-order valence-electron chi connectivity index (χ1n) is 15.0. The van der Waals surface area contributed by atoms with E-state index in [2.05, 4.69) is 33.9 Å². The smallest absolute Gasteiger partial charge is 0.251 e. The minimum atomic E-state index is -0.815. The number of likely N-dealkylation sites (N-methyl/N-ethyl adjacent to an activating group) is 1. The van der Waals surface area contributed by atoms with Crippen LogP contribution in [0.4, 0.5) is 5.69 Å². The molecule has 42 heavy (non-hydrogen) atoms. The molecule has 2 bridgehead atoms. The Kier molecular flexibility index (Phi) is 8.59. The number of likely N-dealkylation sites (tertiary alicyclic amines) is 1. The van der Waals surface area contributed by atoms with E-state index < -0.39 is 28.7 Å². The van der Waals surface area contributed by atoms with Crippen LogP contribution in [0, 0.1) is 23.7 Å². The summed E-state index contributed by atoms with van der Waals surface area (Å²) >= 11 is 1.66. The molecule has 0 saturated carbocycles. The molecular formula is C34H43N3O4S. The van der Waals surface area contributed by atoms with Crippen LogP contribution in [-0.2, 0) is 14.4 Å². The molecule has 8 heteroatoms. The predicted molar refractivity (Wildman–Crippen MR) is 170 cm³/mol. The van der Waals surface area contributed by atoms with E-state index in [9.17, 15) is 19.5 Å². The van der Waals surface area contributed by atoms with Gasteiger partial charge in [-0.1, -0.05) is 63.3 Å². The quantitative estimate of drug-likeness (QED) is 0.383. The second-order valence-corrected chi connectivity index (χ2v) is 14.1. The van der Waals surface area contributed by atoms with Gasteiger partial charge < -0.3 is 19.8 Å². The lowest BCUT2D eigenvalue weighted by Crippen LogP contribution is -2.59. The number of anilines is 1. The average Bonchev–Trinajstić information content (AvgIpc) is 3.57. The van der Waals surface area contributed by atoms with Gasteiger partial charge in [-0.2, -0.15) is 0 Å². The molecule has 5 rings (SSSR count). The van der Waals surface area contributed by atoms with Crippen LogP contribution in [0.15, 0.2) is 67.8 Å². The second-order valence-electron chi connectivity index (χ2n) is 12.5. The van der Waals surface area contributed by atoms with Crippen molar-refractivity contribution in [2.24, 2.45) is 23.7 Å². The fraction of sp³-hybridized carbons (Fsp3) is 0.500. The molecule has 3 fully saturated rings. The monoisotopic (exact) mass is 589 g/mol. The predicted octanol–water partition coefficient (Wildman–Crippen LogP) is 4.75. The maximum atomic E-state index is 15.0. The number of hydrogen-bond acceptors (Lipinski definition) is 5. The van der Waals surface area contributed by atoms with Gasteiger partial charge in [-0.05, 0) is 47.6 Å². The van der Waals surface area contributed by atoms with E-state index in [4.69, 9.17) is 0 Å². The number of fused-ring (bicyclic) bond motifs is 2. The Balaban J connectivity index is 1.64. The first-order chi connectivity index (χ1) is 20.1. The number of aliphatic hydroxyl groups is 1. The summed E-state index contributed by atoms with van der Waals surface area (Å²) in [6.45, 7) is 14.4. The van der Waals surface area contributed by atoms with Crippen LogP contribution in [0.3, 0.4) is 0 Å². The zero-order valence-electron chi connectivity index (χ0n) is 25.1. The lowest BCUT2D eigenvalue weighted by atomic mass is 9.65. The molecule has 1 spiro atoms. The Hall–Kier alpha value is -3.10. The van der Waals surface area contributed by atoms with Crippen LogP contribution in [-0.4, -0.2) is 81.5 Å². The van der Waals surface area contributed by atoms with Crippen LogP contribution in [0.1, 0.15) is 33.6 Å².